The van der Waals surface area contributed by atoms with Crippen molar-refractivity contribution in [3.63, 3.8) is 0 Å². The van der Waals surface area contributed by atoms with Gasteiger partial charge in [-0.3, -0.25) is 0 Å². The zero-order valence-electron chi connectivity index (χ0n) is 13.9. The van der Waals surface area contributed by atoms with Gasteiger partial charge in [0.25, 0.3) is 0 Å². The smallest absolute Gasteiger partial charge is 0.141 e. The average Bonchev–Trinajstić information content (AvgIpc) is 2.52. The minimum absolute atomic E-state index is 0.192. The molecule has 0 spiro atoms. The first-order valence-electron chi connectivity index (χ1n) is 7.98. The summed E-state index contributed by atoms with van der Waals surface area (Å²) in [7, 11) is -0.310. The van der Waals surface area contributed by atoms with Crippen LogP contribution in [0, 0.1) is 5.82 Å². The van der Waals surface area contributed by atoms with Gasteiger partial charge in [-0.25, -0.2) is 4.39 Å². The Morgan fingerprint density at radius 1 is 1.09 bits per heavy atom. The van der Waals surface area contributed by atoms with E-state index in [4.69, 9.17) is 16.3 Å². The van der Waals surface area contributed by atoms with E-state index < -0.39 is 0 Å². The Balaban J connectivity index is 2.30. The van der Waals surface area contributed by atoms with Crippen molar-refractivity contribution < 1.29 is 9.13 Å². The first kappa shape index (κ1) is 18.0. The summed E-state index contributed by atoms with van der Waals surface area (Å²) in [5.41, 5.74) is 2.29. The Bertz CT molecular complexity index is 628. The van der Waals surface area contributed by atoms with Crippen LogP contribution < -0.4 is 4.74 Å². The molecule has 1 unspecified atom stereocenters. The van der Waals surface area contributed by atoms with Crippen LogP contribution in [0.5, 0.6) is 5.75 Å². The van der Waals surface area contributed by atoms with Crippen LogP contribution in [0.2, 0.25) is 24.2 Å². The molecule has 1 radical (unpaired) electrons. The van der Waals surface area contributed by atoms with Gasteiger partial charge < -0.3 is 4.74 Å². The summed E-state index contributed by atoms with van der Waals surface area (Å²) in [4.78, 5) is 0. The Labute approximate surface area is 145 Å². The standard InChI is InChI=1S/C19H23ClFOSi/c1-4-22-16-8-5-14(6-9-16)17(11-12-23(2)3)15-7-10-19(21)18(20)13-15/h5-10,13,17H,4,11-12H2,1-3H3. The largest absolute Gasteiger partial charge is 0.494 e. The lowest BCUT2D eigenvalue weighted by Gasteiger charge is -2.20. The van der Waals surface area contributed by atoms with E-state index in [1.54, 1.807) is 6.07 Å². The molecule has 0 saturated heterocycles. The summed E-state index contributed by atoms with van der Waals surface area (Å²) < 4.78 is 19.0. The molecule has 0 N–H and O–H groups in total. The monoisotopic (exact) mass is 349 g/mol. The molecular formula is C19H23ClFOSi. The van der Waals surface area contributed by atoms with E-state index in [0.717, 1.165) is 17.7 Å². The average molecular weight is 350 g/mol. The molecule has 4 heteroatoms. The van der Waals surface area contributed by atoms with Crippen molar-refractivity contribution >= 4 is 20.4 Å². The number of benzene rings is 2. The van der Waals surface area contributed by atoms with Gasteiger partial charge in [-0.15, -0.1) is 0 Å². The molecular weight excluding hydrogens is 327 g/mol. The number of ether oxygens (including phenoxy) is 1. The molecule has 23 heavy (non-hydrogen) atoms. The van der Waals surface area contributed by atoms with Gasteiger partial charge in [0.05, 0.1) is 11.6 Å². The zero-order chi connectivity index (χ0) is 16.8. The summed E-state index contributed by atoms with van der Waals surface area (Å²) in [5, 5.41) is 0.192. The van der Waals surface area contributed by atoms with Crippen LogP contribution in [0.4, 0.5) is 4.39 Å². The molecule has 2 aromatic rings. The van der Waals surface area contributed by atoms with E-state index in [1.807, 2.05) is 25.1 Å². The molecule has 123 valence electrons. The summed E-state index contributed by atoms with van der Waals surface area (Å²) in [6.45, 7) is 7.27. The van der Waals surface area contributed by atoms with Crippen molar-refractivity contribution in [1.82, 2.24) is 0 Å². The van der Waals surface area contributed by atoms with Gasteiger partial charge in [-0.2, -0.15) is 0 Å². The zero-order valence-corrected chi connectivity index (χ0v) is 15.7. The highest BCUT2D eigenvalue weighted by molar-refractivity contribution is 6.55. The van der Waals surface area contributed by atoms with Gasteiger partial charge in [-0.1, -0.05) is 48.9 Å². The van der Waals surface area contributed by atoms with E-state index in [0.29, 0.717) is 6.61 Å². The van der Waals surface area contributed by atoms with E-state index in [-0.39, 0.29) is 25.6 Å². The van der Waals surface area contributed by atoms with Gasteiger partial charge >= 0.3 is 0 Å². The first-order chi connectivity index (χ1) is 11.0. The maximum atomic E-state index is 13.5. The molecule has 0 saturated carbocycles. The maximum absolute atomic E-state index is 13.5. The summed E-state index contributed by atoms with van der Waals surface area (Å²) in [5.74, 6) is 0.753. The highest BCUT2D eigenvalue weighted by atomic mass is 35.5. The van der Waals surface area contributed by atoms with Crippen LogP contribution >= 0.6 is 11.6 Å². The second-order valence-corrected chi connectivity index (χ2v) is 9.30. The second-order valence-electron chi connectivity index (χ2n) is 5.97. The van der Waals surface area contributed by atoms with Gasteiger partial charge in [0, 0.05) is 14.7 Å². The van der Waals surface area contributed by atoms with Crippen molar-refractivity contribution in [2.75, 3.05) is 6.61 Å². The predicted molar refractivity (Wildman–Crippen MR) is 97.8 cm³/mol. The molecule has 0 aliphatic heterocycles. The second kappa shape index (κ2) is 8.51. The third-order valence-electron chi connectivity index (χ3n) is 3.87. The third kappa shape index (κ3) is 5.08. The molecule has 2 aromatic carbocycles. The van der Waals surface area contributed by atoms with Crippen LogP contribution in [0.25, 0.3) is 0 Å². The minimum Gasteiger partial charge on any atom is -0.494 e. The maximum Gasteiger partial charge on any atom is 0.141 e. The Hall–Kier alpha value is -1.32. The summed E-state index contributed by atoms with van der Waals surface area (Å²) in [6, 6.07) is 14.5. The molecule has 1 atom stereocenters. The number of rotatable bonds is 7. The first-order valence-corrected chi connectivity index (χ1v) is 11.1. The quantitative estimate of drug-likeness (QED) is 0.544. The SMILES string of the molecule is CCOc1ccc(C(CC[Si](C)C)c2ccc(F)c(Cl)c2)cc1. The summed E-state index contributed by atoms with van der Waals surface area (Å²) in [6.07, 6.45) is 1.05. The molecule has 0 aromatic heterocycles. The third-order valence-corrected chi connectivity index (χ3v) is 5.45. The van der Waals surface area contributed by atoms with E-state index in [1.165, 1.54) is 17.7 Å². The fraction of sp³-hybridized carbons (Fsp3) is 0.368. The summed E-state index contributed by atoms with van der Waals surface area (Å²) >= 11 is 5.99. The van der Waals surface area contributed by atoms with Crippen LogP contribution in [-0.4, -0.2) is 15.4 Å². The lowest BCUT2D eigenvalue weighted by atomic mass is 9.89. The highest BCUT2D eigenvalue weighted by Gasteiger charge is 2.16. The number of halogens is 2. The molecule has 0 aliphatic rings. The van der Waals surface area contributed by atoms with Gasteiger partial charge in [-0.05, 0) is 48.7 Å². The molecule has 0 heterocycles. The minimum atomic E-state index is -0.364. The van der Waals surface area contributed by atoms with Gasteiger partial charge in [0.1, 0.15) is 11.6 Å². The van der Waals surface area contributed by atoms with E-state index in [2.05, 4.69) is 25.2 Å². The normalized spacial score (nSPS) is 12.4. The van der Waals surface area contributed by atoms with Crippen LogP contribution in [-0.2, 0) is 0 Å². The van der Waals surface area contributed by atoms with Crippen molar-refractivity contribution in [2.24, 2.45) is 0 Å². The molecule has 0 amide bonds. The van der Waals surface area contributed by atoms with E-state index in [9.17, 15) is 4.39 Å². The Morgan fingerprint density at radius 2 is 1.74 bits per heavy atom. The highest BCUT2D eigenvalue weighted by Crippen LogP contribution is 2.33. The van der Waals surface area contributed by atoms with Crippen LogP contribution in [0.15, 0.2) is 42.5 Å². The van der Waals surface area contributed by atoms with Crippen molar-refractivity contribution in [3.05, 3.63) is 64.4 Å². The van der Waals surface area contributed by atoms with Crippen molar-refractivity contribution in [3.8, 4) is 5.75 Å². The van der Waals surface area contributed by atoms with Crippen LogP contribution in [0.1, 0.15) is 30.4 Å². The van der Waals surface area contributed by atoms with Crippen molar-refractivity contribution in [2.45, 2.75) is 38.4 Å². The molecule has 0 aliphatic carbocycles. The molecule has 1 nitrogen and oxygen atoms in total. The van der Waals surface area contributed by atoms with E-state index >= 15 is 0 Å². The Kier molecular flexibility index (Phi) is 6.67. The topological polar surface area (TPSA) is 9.23 Å². The fourth-order valence-corrected chi connectivity index (χ4v) is 3.71. The van der Waals surface area contributed by atoms with Crippen LogP contribution in [0.3, 0.4) is 0 Å². The molecule has 0 fully saturated rings. The predicted octanol–water partition coefficient (Wildman–Crippen LogP) is 6.15. The Morgan fingerprint density at radius 3 is 2.30 bits per heavy atom. The molecule has 0 bridgehead atoms. The molecule has 2 rings (SSSR count). The lowest BCUT2D eigenvalue weighted by molar-refractivity contribution is 0.340. The van der Waals surface area contributed by atoms with Crippen molar-refractivity contribution in [1.29, 1.82) is 0 Å². The fourth-order valence-electron chi connectivity index (χ4n) is 2.65. The lowest BCUT2D eigenvalue weighted by Crippen LogP contribution is -2.07. The van der Waals surface area contributed by atoms with Gasteiger partial charge in [0.15, 0.2) is 0 Å². The number of hydrogen-bond donors (Lipinski definition) is 0. The van der Waals surface area contributed by atoms with Gasteiger partial charge in [0.2, 0.25) is 0 Å². The number of hydrogen-bond acceptors (Lipinski definition) is 1.